The first-order valence-electron chi connectivity index (χ1n) is 6.38. The Balaban J connectivity index is 2.05. The van der Waals surface area contributed by atoms with E-state index >= 15 is 0 Å². The second kappa shape index (κ2) is 7.54. The Bertz CT molecular complexity index is 884. The van der Waals surface area contributed by atoms with Crippen molar-refractivity contribution in [2.75, 3.05) is 6.54 Å². The predicted molar refractivity (Wildman–Crippen MR) is 94.3 cm³/mol. The van der Waals surface area contributed by atoms with Gasteiger partial charge in [0, 0.05) is 21.3 Å². The Hall–Kier alpha value is -1.96. The maximum Gasteiger partial charge on any atom is 0.269 e. The number of nitrogens with zero attached hydrogens (tertiary/aromatic N) is 1. The van der Waals surface area contributed by atoms with Crippen LogP contribution >= 0.6 is 22.6 Å². The van der Waals surface area contributed by atoms with Gasteiger partial charge in [-0.1, -0.05) is 24.0 Å². The molecule has 0 amide bonds. The summed E-state index contributed by atoms with van der Waals surface area (Å²) < 4.78 is 27.4. The normalized spacial score (nSPS) is 10.7. The van der Waals surface area contributed by atoms with Crippen LogP contribution < -0.4 is 4.72 Å². The lowest BCUT2D eigenvalue weighted by molar-refractivity contribution is -0.384. The minimum atomic E-state index is -3.74. The minimum Gasteiger partial charge on any atom is -0.258 e. The highest BCUT2D eigenvalue weighted by Gasteiger charge is 2.14. The van der Waals surface area contributed by atoms with Crippen LogP contribution in [0.1, 0.15) is 5.56 Å². The average molecular weight is 442 g/mol. The molecule has 118 valence electrons. The van der Waals surface area contributed by atoms with Crippen LogP contribution in [0, 0.1) is 25.5 Å². The molecule has 0 saturated heterocycles. The third-order valence-corrected chi connectivity index (χ3v) is 5.16. The molecule has 2 aromatic carbocycles. The number of rotatable bonds is 4. The van der Waals surface area contributed by atoms with Crippen molar-refractivity contribution in [2.24, 2.45) is 0 Å². The Morgan fingerprint density at radius 3 is 2.39 bits per heavy atom. The zero-order valence-electron chi connectivity index (χ0n) is 11.7. The highest BCUT2D eigenvalue weighted by Crippen LogP contribution is 2.15. The molecule has 1 N–H and O–H groups in total. The van der Waals surface area contributed by atoms with E-state index in [9.17, 15) is 18.5 Å². The number of nitrogens with one attached hydrogen (secondary N) is 1. The predicted octanol–water partition coefficient (Wildman–Crippen LogP) is 2.53. The first-order chi connectivity index (χ1) is 10.9. The fraction of sp³-hybridized carbons (Fsp3) is 0.0667. The lowest BCUT2D eigenvalue weighted by Crippen LogP contribution is -2.23. The zero-order chi connectivity index (χ0) is 16.9. The van der Waals surface area contributed by atoms with E-state index in [1.807, 2.05) is 24.3 Å². The van der Waals surface area contributed by atoms with Gasteiger partial charge in [-0.15, -0.1) is 0 Å². The van der Waals surface area contributed by atoms with Crippen molar-refractivity contribution in [1.29, 1.82) is 0 Å². The number of hydrogen-bond donors (Lipinski definition) is 1. The van der Waals surface area contributed by atoms with Crippen LogP contribution in [0.2, 0.25) is 0 Å². The van der Waals surface area contributed by atoms with Gasteiger partial charge in [-0.25, -0.2) is 8.42 Å². The van der Waals surface area contributed by atoms with Crippen molar-refractivity contribution in [2.45, 2.75) is 4.90 Å². The molecular weight excluding hydrogens is 431 g/mol. The van der Waals surface area contributed by atoms with Crippen LogP contribution in [0.3, 0.4) is 0 Å². The molecular formula is C15H11IN2O4S. The van der Waals surface area contributed by atoms with Crippen LogP contribution in [0.15, 0.2) is 53.4 Å². The van der Waals surface area contributed by atoms with E-state index in [4.69, 9.17) is 0 Å². The lowest BCUT2D eigenvalue weighted by atomic mass is 10.2. The first kappa shape index (κ1) is 17.4. The fourth-order valence-electron chi connectivity index (χ4n) is 1.66. The summed E-state index contributed by atoms with van der Waals surface area (Å²) in [5.41, 5.74) is 0.657. The zero-order valence-corrected chi connectivity index (χ0v) is 14.7. The summed E-state index contributed by atoms with van der Waals surface area (Å²) in [6.45, 7) is -0.0513. The molecule has 23 heavy (non-hydrogen) atoms. The fourth-order valence-corrected chi connectivity index (χ4v) is 3.11. The third kappa shape index (κ3) is 4.75. The lowest BCUT2D eigenvalue weighted by Gasteiger charge is -2.03. The van der Waals surface area contributed by atoms with Gasteiger partial charge in [0.2, 0.25) is 10.0 Å². The van der Waals surface area contributed by atoms with Crippen molar-refractivity contribution < 1.29 is 13.3 Å². The number of non-ortho nitro benzene ring substituents is 1. The van der Waals surface area contributed by atoms with E-state index < -0.39 is 14.9 Å². The molecule has 2 rings (SSSR count). The van der Waals surface area contributed by atoms with Crippen LogP contribution in [0.5, 0.6) is 0 Å². The molecule has 0 aliphatic rings. The molecule has 0 heterocycles. The molecule has 0 bridgehead atoms. The summed E-state index contributed by atoms with van der Waals surface area (Å²) in [7, 11) is -3.74. The van der Waals surface area contributed by atoms with E-state index in [1.165, 1.54) is 12.1 Å². The van der Waals surface area contributed by atoms with Crippen LogP contribution in [-0.2, 0) is 10.0 Å². The van der Waals surface area contributed by atoms with Crippen molar-refractivity contribution in [1.82, 2.24) is 4.72 Å². The summed E-state index contributed by atoms with van der Waals surface area (Å²) >= 11 is 2.15. The van der Waals surface area contributed by atoms with Gasteiger partial charge >= 0.3 is 0 Å². The molecule has 2 aromatic rings. The van der Waals surface area contributed by atoms with Crippen molar-refractivity contribution in [3.63, 3.8) is 0 Å². The summed E-state index contributed by atoms with van der Waals surface area (Å²) in [6.07, 6.45) is 0. The third-order valence-electron chi connectivity index (χ3n) is 2.81. The van der Waals surface area contributed by atoms with Gasteiger partial charge in [-0.05, 0) is 46.9 Å². The van der Waals surface area contributed by atoms with Gasteiger partial charge in [0.05, 0.1) is 16.4 Å². The molecule has 0 saturated carbocycles. The van der Waals surface area contributed by atoms with Gasteiger partial charge in [-0.3, -0.25) is 10.1 Å². The minimum absolute atomic E-state index is 0.0424. The summed E-state index contributed by atoms with van der Waals surface area (Å²) in [4.78, 5) is 9.93. The molecule has 0 spiro atoms. The number of sulfonamides is 1. The first-order valence-corrected chi connectivity index (χ1v) is 8.94. The summed E-state index contributed by atoms with van der Waals surface area (Å²) in [5.74, 6) is 5.63. The standard InChI is InChI=1S/C15H11IN2O4S/c16-15-6-2-1-4-12(15)5-3-11-17-23(21,22)14-9-7-13(8-10-14)18(19)20/h1-2,4,6-10,17H,11H2. The number of benzene rings is 2. The van der Waals surface area contributed by atoms with Crippen molar-refractivity contribution in [3.8, 4) is 11.8 Å². The maximum absolute atomic E-state index is 12.0. The Kier molecular flexibility index (Phi) is 5.70. The molecule has 0 radical (unpaired) electrons. The largest absolute Gasteiger partial charge is 0.269 e. The van der Waals surface area contributed by atoms with Crippen molar-refractivity contribution in [3.05, 3.63) is 67.8 Å². The second-order valence-corrected chi connectivity index (χ2v) is 7.29. The Labute approximate surface area is 147 Å². The summed E-state index contributed by atoms with van der Waals surface area (Å²) in [5, 5.41) is 10.6. The monoisotopic (exact) mass is 442 g/mol. The average Bonchev–Trinajstić information content (AvgIpc) is 2.53. The van der Waals surface area contributed by atoms with Gasteiger partial charge in [0.1, 0.15) is 0 Å². The van der Waals surface area contributed by atoms with Crippen LogP contribution in [0.4, 0.5) is 5.69 Å². The van der Waals surface area contributed by atoms with Crippen LogP contribution in [-0.4, -0.2) is 19.9 Å². The Morgan fingerprint density at radius 2 is 1.78 bits per heavy atom. The SMILES string of the molecule is O=[N+]([O-])c1ccc(S(=O)(=O)NCC#Cc2ccccc2I)cc1. The molecule has 0 unspecified atom stereocenters. The van der Waals surface area contributed by atoms with Crippen molar-refractivity contribution >= 4 is 38.3 Å². The van der Waals surface area contributed by atoms with E-state index in [0.29, 0.717) is 0 Å². The van der Waals surface area contributed by atoms with Gasteiger partial charge < -0.3 is 0 Å². The van der Waals surface area contributed by atoms with E-state index in [-0.39, 0.29) is 17.1 Å². The molecule has 0 aliphatic carbocycles. The number of hydrogen-bond acceptors (Lipinski definition) is 4. The molecule has 8 heteroatoms. The summed E-state index contributed by atoms with van der Waals surface area (Å²) in [6, 6.07) is 12.2. The van der Waals surface area contributed by atoms with Gasteiger partial charge in [0.15, 0.2) is 0 Å². The second-order valence-electron chi connectivity index (χ2n) is 4.36. The Morgan fingerprint density at radius 1 is 1.13 bits per heavy atom. The number of nitro benzene ring substituents is 1. The quantitative estimate of drug-likeness (QED) is 0.341. The maximum atomic E-state index is 12.0. The molecule has 0 aliphatic heterocycles. The highest BCUT2D eigenvalue weighted by molar-refractivity contribution is 14.1. The molecule has 0 atom stereocenters. The van der Waals surface area contributed by atoms with Gasteiger partial charge in [0.25, 0.3) is 5.69 Å². The number of nitro groups is 1. The van der Waals surface area contributed by atoms with E-state index in [2.05, 4.69) is 39.2 Å². The molecule has 0 aromatic heterocycles. The molecule has 0 fully saturated rings. The van der Waals surface area contributed by atoms with E-state index in [0.717, 1.165) is 21.3 Å². The van der Waals surface area contributed by atoms with Crippen LogP contribution in [0.25, 0.3) is 0 Å². The number of halogens is 1. The highest BCUT2D eigenvalue weighted by atomic mass is 127. The van der Waals surface area contributed by atoms with E-state index in [1.54, 1.807) is 0 Å². The van der Waals surface area contributed by atoms with Gasteiger partial charge in [-0.2, -0.15) is 4.72 Å². The topological polar surface area (TPSA) is 89.3 Å². The smallest absolute Gasteiger partial charge is 0.258 e. The molecule has 6 nitrogen and oxygen atoms in total.